The maximum Gasteiger partial charge on any atom is 0.147 e. The Bertz CT molecular complexity index is 1440. The summed E-state index contributed by atoms with van der Waals surface area (Å²) in [7, 11) is 2.08. The summed E-state index contributed by atoms with van der Waals surface area (Å²) < 4.78 is 11.8. The Labute approximate surface area is 222 Å². The van der Waals surface area contributed by atoms with Crippen molar-refractivity contribution in [1.82, 2.24) is 14.9 Å². The number of aryl methyl sites for hydroxylation is 1. The molecule has 1 saturated heterocycles. The van der Waals surface area contributed by atoms with Gasteiger partial charge in [-0.25, -0.2) is 4.99 Å². The van der Waals surface area contributed by atoms with Crippen molar-refractivity contribution in [3.05, 3.63) is 77.2 Å². The van der Waals surface area contributed by atoms with Gasteiger partial charge in [0.15, 0.2) is 0 Å². The number of likely N-dealkylation sites (tertiary alicyclic amines) is 1. The fraction of sp³-hybridized carbons (Fsp3) is 0.276. The van der Waals surface area contributed by atoms with Gasteiger partial charge in [0.25, 0.3) is 0 Å². The maximum absolute atomic E-state index is 6.57. The quantitative estimate of drug-likeness (QED) is 0.270. The van der Waals surface area contributed by atoms with Gasteiger partial charge in [0.05, 0.1) is 28.5 Å². The van der Waals surface area contributed by atoms with E-state index < -0.39 is 0 Å². The first-order chi connectivity index (χ1) is 18.0. The van der Waals surface area contributed by atoms with E-state index in [1.807, 2.05) is 62.5 Å². The fourth-order valence-corrected chi connectivity index (χ4v) is 4.62. The van der Waals surface area contributed by atoms with Crippen molar-refractivity contribution in [3.63, 3.8) is 0 Å². The summed E-state index contributed by atoms with van der Waals surface area (Å²) in [6.45, 7) is 5.94. The lowest BCUT2D eigenvalue weighted by Crippen LogP contribution is -2.18. The average Bonchev–Trinajstić information content (AvgIpc) is 3.30. The predicted molar refractivity (Wildman–Crippen MR) is 150 cm³/mol. The van der Waals surface area contributed by atoms with Crippen molar-refractivity contribution in [3.8, 4) is 11.5 Å². The highest BCUT2D eigenvalue weighted by Gasteiger charge is 2.17. The zero-order valence-electron chi connectivity index (χ0n) is 21.3. The van der Waals surface area contributed by atoms with E-state index in [4.69, 9.17) is 26.1 Å². The normalized spacial score (nSPS) is 14.4. The van der Waals surface area contributed by atoms with Crippen LogP contribution in [0, 0.1) is 6.92 Å². The molecule has 1 fully saturated rings. The Hall–Kier alpha value is -3.84. The molecular weight excluding hydrogens is 486 g/mol. The number of nitrogens with one attached hydrogen (secondary N) is 1. The van der Waals surface area contributed by atoms with Crippen LogP contribution in [0.25, 0.3) is 10.9 Å². The molecule has 190 valence electrons. The number of ether oxygens (including phenoxy) is 2. The lowest BCUT2D eigenvalue weighted by Gasteiger charge is -2.17. The van der Waals surface area contributed by atoms with Crippen molar-refractivity contribution >= 4 is 45.4 Å². The van der Waals surface area contributed by atoms with Gasteiger partial charge in [0, 0.05) is 49.5 Å². The minimum Gasteiger partial charge on any atom is -0.492 e. The van der Waals surface area contributed by atoms with Crippen LogP contribution in [0.1, 0.15) is 31.0 Å². The van der Waals surface area contributed by atoms with E-state index in [0.717, 1.165) is 70.2 Å². The molecule has 0 spiro atoms. The molecule has 0 unspecified atom stereocenters. The van der Waals surface area contributed by atoms with Crippen LogP contribution >= 0.6 is 11.6 Å². The summed E-state index contributed by atoms with van der Waals surface area (Å²) in [5, 5.41) is 5.03. The summed E-state index contributed by atoms with van der Waals surface area (Å²) in [5.41, 5.74) is 5.30. The van der Waals surface area contributed by atoms with Crippen LogP contribution in [0.5, 0.6) is 11.5 Å². The molecule has 5 rings (SSSR count). The number of halogens is 1. The largest absolute Gasteiger partial charge is 0.492 e. The van der Waals surface area contributed by atoms with Gasteiger partial charge >= 0.3 is 0 Å². The van der Waals surface area contributed by atoms with Gasteiger partial charge in [-0.1, -0.05) is 17.7 Å². The molecule has 3 heterocycles. The maximum atomic E-state index is 6.57. The molecule has 0 aliphatic carbocycles. The Kier molecular flexibility index (Phi) is 7.42. The van der Waals surface area contributed by atoms with Gasteiger partial charge < -0.3 is 19.7 Å². The lowest BCUT2D eigenvalue weighted by molar-refractivity contribution is 0.301. The SMILES string of the molecule is CCOc1cc2ncc(C)c(Nc3ccc(OCc4ccccn4)c(Cl)c3)c2cc1N=C1CCCN1C. The Morgan fingerprint density at radius 3 is 2.70 bits per heavy atom. The number of aromatic nitrogens is 2. The van der Waals surface area contributed by atoms with Crippen molar-refractivity contribution in [2.45, 2.75) is 33.3 Å². The molecule has 0 atom stereocenters. The first-order valence-electron chi connectivity index (χ1n) is 12.5. The molecule has 0 bridgehead atoms. The van der Waals surface area contributed by atoms with Crippen LogP contribution in [0.4, 0.5) is 17.1 Å². The number of amidine groups is 1. The van der Waals surface area contributed by atoms with E-state index in [1.165, 1.54) is 0 Å². The van der Waals surface area contributed by atoms with Crippen LogP contribution in [-0.2, 0) is 6.61 Å². The van der Waals surface area contributed by atoms with E-state index in [9.17, 15) is 0 Å². The van der Waals surface area contributed by atoms with E-state index in [-0.39, 0.29) is 0 Å². The molecule has 8 heteroatoms. The Morgan fingerprint density at radius 1 is 1.08 bits per heavy atom. The third kappa shape index (κ3) is 5.62. The molecule has 0 amide bonds. The number of hydrogen-bond acceptors (Lipinski definition) is 6. The second kappa shape index (κ2) is 11.0. The molecule has 1 aliphatic rings. The van der Waals surface area contributed by atoms with Crippen LogP contribution in [0.15, 0.2) is 65.9 Å². The molecule has 37 heavy (non-hydrogen) atoms. The minimum absolute atomic E-state index is 0.351. The Morgan fingerprint density at radius 2 is 1.97 bits per heavy atom. The topological polar surface area (TPSA) is 71.9 Å². The molecule has 1 N–H and O–H groups in total. The molecule has 7 nitrogen and oxygen atoms in total. The number of hydrogen-bond donors (Lipinski definition) is 1. The van der Waals surface area contributed by atoms with E-state index in [1.54, 1.807) is 6.20 Å². The zero-order chi connectivity index (χ0) is 25.8. The molecule has 2 aromatic carbocycles. The summed E-state index contributed by atoms with van der Waals surface area (Å²) in [6, 6.07) is 15.4. The summed E-state index contributed by atoms with van der Waals surface area (Å²) in [5.74, 6) is 2.42. The summed E-state index contributed by atoms with van der Waals surface area (Å²) in [4.78, 5) is 16.1. The van der Waals surface area contributed by atoms with Crippen LogP contribution < -0.4 is 14.8 Å². The van der Waals surface area contributed by atoms with Gasteiger partial charge in [0.1, 0.15) is 29.6 Å². The summed E-state index contributed by atoms with van der Waals surface area (Å²) >= 11 is 6.57. The molecule has 0 radical (unpaired) electrons. The van der Waals surface area contributed by atoms with E-state index in [2.05, 4.69) is 33.3 Å². The van der Waals surface area contributed by atoms with Crippen molar-refractivity contribution < 1.29 is 9.47 Å². The second-order valence-electron chi connectivity index (χ2n) is 9.02. The number of benzene rings is 2. The van der Waals surface area contributed by atoms with Crippen LogP contribution in [0.2, 0.25) is 5.02 Å². The third-order valence-electron chi connectivity index (χ3n) is 6.33. The molecular formula is C29H30ClN5O2. The van der Waals surface area contributed by atoms with E-state index >= 15 is 0 Å². The monoisotopic (exact) mass is 515 g/mol. The first kappa shape index (κ1) is 24.8. The number of anilines is 2. The first-order valence-corrected chi connectivity index (χ1v) is 12.8. The van der Waals surface area contributed by atoms with Gasteiger partial charge in [-0.05, 0) is 62.2 Å². The van der Waals surface area contributed by atoms with Gasteiger partial charge in [0.2, 0.25) is 0 Å². The molecule has 2 aromatic heterocycles. The molecule has 1 aliphatic heterocycles. The average molecular weight is 516 g/mol. The number of aliphatic imine (C=N–C) groups is 1. The van der Waals surface area contributed by atoms with Crippen molar-refractivity contribution in [1.29, 1.82) is 0 Å². The summed E-state index contributed by atoms with van der Waals surface area (Å²) in [6.07, 6.45) is 5.69. The number of nitrogens with zero attached hydrogens (tertiary/aromatic N) is 4. The van der Waals surface area contributed by atoms with Crippen molar-refractivity contribution in [2.24, 2.45) is 4.99 Å². The van der Waals surface area contributed by atoms with Gasteiger partial charge in [-0.2, -0.15) is 0 Å². The fourth-order valence-electron chi connectivity index (χ4n) is 4.38. The molecule has 4 aromatic rings. The lowest BCUT2D eigenvalue weighted by atomic mass is 10.1. The van der Waals surface area contributed by atoms with Crippen LogP contribution in [-0.4, -0.2) is 40.9 Å². The van der Waals surface area contributed by atoms with Crippen molar-refractivity contribution in [2.75, 3.05) is 25.5 Å². The number of pyridine rings is 2. The predicted octanol–water partition coefficient (Wildman–Crippen LogP) is 7.07. The second-order valence-corrected chi connectivity index (χ2v) is 9.43. The minimum atomic E-state index is 0.351. The van der Waals surface area contributed by atoms with Gasteiger partial charge in [-0.3, -0.25) is 9.97 Å². The van der Waals surface area contributed by atoms with Crippen LogP contribution in [0.3, 0.4) is 0 Å². The van der Waals surface area contributed by atoms with Gasteiger partial charge in [-0.15, -0.1) is 0 Å². The number of fused-ring (bicyclic) bond motifs is 1. The molecule has 0 saturated carbocycles. The highest BCUT2D eigenvalue weighted by molar-refractivity contribution is 6.32. The smallest absolute Gasteiger partial charge is 0.147 e. The third-order valence-corrected chi connectivity index (χ3v) is 6.62. The zero-order valence-corrected chi connectivity index (χ0v) is 22.0. The highest BCUT2D eigenvalue weighted by Crippen LogP contribution is 2.39. The van der Waals surface area contributed by atoms with E-state index in [0.29, 0.717) is 24.0 Å². The Balaban J connectivity index is 1.46. The number of rotatable bonds is 8. The highest BCUT2D eigenvalue weighted by atomic mass is 35.5. The standard InChI is InChI=1S/C29H30ClN5O2/c1-4-36-27-16-24-22(15-25(27)34-28-9-7-13-35(28)3)29(19(2)17-32-24)33-20-10-11-26(23(30)14-20)37-18-21-8-5-6-12-31-21/h5-6,8,10-12,14-17H,4,7,9,13,18H2,1-3H3,(H,32,33).